The largest absolute Gasteiger partial charge is 0.361 e. The molecule has 4 heterocycles. The highest BCUT2D eigenvalue weighted by Gasteiger charge is 2.31. The van der Waals surface area contributed by atoms with E-state index in [2.05, 4.69) is 20.1 Å². The van der Waals surface area contributed by atoms with E-state index in [-0.39, 0.29) is 5.56 Å². The molecule has 28 heavy (non-hydrogen) atoms. The van der Waals surface area contributed by atoms with Crippen molar-refractivity contribution in [1.82, 2.24) is 24.7 Å². The zero-order valence-corrected chi connectivity index (χ0v) is 17.0. The summed E-state index contributed by atoms with van der Waals surface area (Å²) in [6.45, 7) is 6.64. The van der Waals surface area contributed by atoms with Crippen LogP contribution in [0.3, 0.4) is 0 Å². The minimum absolute atomic E-state index is 0.0416. The lowest BCUT2D eigenvalue weighted by atomic mass is 10.1. The lowest BCUT2D eigenvalue weighted by Crippen LogP contribution is -2.47. The molecule has 150 valence electrons. The molecule has 5 rings (SSSR count). The van der Waals surface area contributed by atoms with E-state index in [1.165, 1.54) is 18.4 Å². The Bertz CT molecular complexity index is 883. The minimum Gasteiger partial charge on any atom is -0.361 e. The zero-order valence-electron chi connectivity index (χ0n) is 16.2. The second kappa shape index (κ2) is 8.00. The van der Waals surface area contributed by atoms with Crippen molar-refractivity contribution in [2.24, 2.45) is 0 Å². The van der Waals surface area contributed by atoms with E-state index in [9.17, 15) is 4.79 Å². The molecule has 0 N–H and O–H groups in total. The first-order valence-electron chi connectivity index (χ1n) is 10.3. The molecule has 0 spiro atoms. The number of nitrogens with zero attached hydrogens (tertiary/aromatic N) is 5. The topological polar surface area (TPSA) is 67.4 Å². The number of hydrogen-bond donors (Lipinski definition) is 0. The van der Waals surface area contributed by atoms with Crippen molar-refractivity contribution in [2.45, 2.75) is 44.0 Å². The molecular formula is C20H27N5O2S. The van der Waals surface area contributed by atoms with E-state index in [4.69, 9.17) is 4.52 Å². The monoisotopic (exact) mass is 401 g/mol. The van der Waals surface area contributed by atoms with Crippen molar-refractivity contribution in [3.8, 4) is 0 Å². The van der Waals surface area contributed by atoms with E-state index in [0.29, 0.717) is 12.5 Å². The van der Waals surface area contributed by atoms with E-state index in [1.807, 2.05) is 18.0 Å². The Labute approximate surface area is 169 Å². The van der Waals surface area contributed by atoms with Crippen LogP contribution in [0.4, 0.5) is 0 Å². The highest BCUT2D eigenvalue weighted by atomic mass is 32.2. The summed E-state index contributed by atoms with van der Waals surface area (Å²) in [6.07, 6.45) is 5.35. The van der Waals surface area contributed by atoms with Crippen molar-refractivity contribution in [1.29, 1.82) is 0 Å². The van der Waals surface area contributed by atoms with Crippen LogP contribution in [0.5, 0.6) is 0 Å². The summed E-state index contributed by atoms with van der Waals surface area (Å²) in [7, 11) is 0. The Balaban J connectivity index is 1.13. The first-order valence-corrected chi connectivity index (χ1v) is 11.5. The van der Waals surface area contributed by atoms with Crippen LogP contribution in [0.2, 0.25) is 0 Å². The van der Waals surface area contributed by atoms with Crippen molar-refractivity contribution in [3.63, 3.8) is 0 Å². The van der Waals surface area contributed by atoms with Gasteiger partial charge < -0.3 is 4.52 Å². The fourth-order valence-electron chi connectivity index (χ4n) is 4.13. The standard InChI is InChI=1S/C20H27N5O2S/c26-19-11-16-14-28-10-3-18(16)22-25(19)9-8-23-4-6-24(7-5-23)13-17-12-21-27-20(17)15-1-2-15/h11-12,15H,1-10,13-14H2. The molecule has 0 radical (unpaired) electrons. The molecule has 2 aliphatic heterocycles. The maximum Gasteiger partial charge on any atom is 0.267 e. The molecule has 7 nitrogen and oxygen atoms in total. The molecule has 1 aliphatic carbocycles. The van der Waals surface area contributed by atoms with Crippen molar-refractivity contribution < 1.29 is 4.52 Å². The lowest BCUT2D eigenvalue weighted by Gasteiger charge is -2.34. The summed E-state index contributed by atoms with van der Waals surface area (Å²) in [5, 5.41) is 8.64. The Morgan fingerprint density at radius 3 is 2.79 bits per heavy atom. The van der Waals surface area contributed by atoms with E-state index in [0.717, 1.165) is 74.2 Å². The molecule has 2 fully saturated rings. The number of rotatable bonds is 6. The van der Waals surface area contributed by atoms with Gasteiger partial charge in [-0.25, -0.2) is 4.68 Å². The number of thioether (sulfide) groups is 1. The summed E-state index contributed by atoms with van der Waals surface area (Å²) >= 11 is 1.88. The van der Waals surface area contributed by atoms with Gasteiger partial charge in [-0.2, -0.15) is 16.9 Å². The third-order valence-corrected chi connectivity index (χ3v) is 7.02. The smallest absolute Gasteiger partial charge is 0.267 e. The molecule has 1 saturated heterocycles. The molecular weight excluding hydrogens is 374 g/mol. The normalized spacial score (nSPS) is 21.0. The third kappa shape index (κ3) is 4.04. The van der Waals surface area contributed by atoms with Gasteiger partial charge in [0.15, 0.2) is 0 Å². The molecule has 0 amide bonds. The third-order valence-electron chi connectivity index (χ3n) is 6.02. The summed E-state index contributed by atoms with van der Waals surface area (Å²) < 4.78 is 7.13. The summed E-state index contributed by atoms with van der Waals surface area (Å²) in [4.78, 5) is 17.3. The van der Waals surface area contributed by atoms with E-state index in [1.54, 1.807) is 10.7 Å². The highest BCUT2D eigenvalue weighted by Crippen LogP contribution is 2.41. The molecule has 0 unspecified atom stereocenters. The van der Waals surface area contributed by atoms with Crippen LogP contribution in [-0.4, -0.2) is 63.2 Å². The van der Waals surface area contributed by atoms with Gasteiger partial charge in [-0.05, 0) is 24.2 Å². The molecule has 0 atom stereocenters. The Morgan fingerprint density at radius 2 is 1.96 bits per heavy atom. The first-order chi connectivity index (χ1) is 13.8. The van der Waals surface area contributed by atoms with Crippen molar-refractivity contribution >= 4 is 11.8 Å². The molecule has 0 aromatic carbocycles. The Kier molecular flexibility index (Phi) is 5.26. The van der Waals surface area contributed by atoms with Gasteiger partial charge in [0.05, 0.1) is 18.4 Å². The van der Waals surface area contributed by atoms with Crippen LogP contribution >= 0.6 is 11.8 Å². The maximum atomic E-state index is 12.3. The predicted molar refractivity (Wildman–Crippen MR) is 109 cm³/mol. The van der Waals surface area contributed by atoms with Gasteiger partial charge in [0.1, 0.15) is 5.76 Å². The summed E-state index contributed by atoms with van der Waals surface area (Å²) in [5.74, 6) is 3.75. The van der Waals surface area contributed by atoms with Gasteiger partial charge in [-0.3, -0.25) is 14.6 Å². The molecule has 3 aliphatic rings. The van der Waals surface area contributed by atoms with Crippen LogP contribution in [-0.2, 0) is 25.3 Å². The number of aromatic nitrogens is 3. The SMILES string of the molecule is O=c1cc2c(nn1CCN1CCN(Cc3cnoc3C3CC3)CC1)CCSC2. The van der Waals surface area contributed by atoms with Crippen LogP contribution in [0.15, 0.2) is 21.6 Å². The van der Waals surface area contributed by atoms with Gasteiger partial charge in [0.2, 0.25) is 0 Å². The van der Waals surface area contributed by atoms with Gasteiger partial charge in [0, 0.05) is 69.0 Å². The van der Waals surface area contributed by atoms with Crippen molar-refractivity contribution in [3.05, 3.63) is 45.2 Å². The number of aryl methyl sites for hydroxylation is 1. The molecule has 0 bridgehead atoms. The molecule has 8 heteroatoms. The fraction of sp³-hybridized carbons (Fsp3) is 0.650. The minimum atomic E-state index is 0.0416. The lowest BCUT2D eigenvalue weighted by molar-refractivity contribution is 0.122. The number of hydrogen-bond acceptors (Lipinski definition) is 7. The van der Waals surface area contributed by atoms with Gasteiger partial charge >= 0.3 is 0 Å². The van der Waals surface area contributed by atoms with E-state index >= 15 is 0 Å². The second-order valence-electron chi connectivity index (χ2n) is 8.09. The van der Waals surface area contributed by atoms with Gasteiger partial charge in [-0.15, -0.1) is 0 Å². The molecule has 1 saturated carbocycles. The average Bonchev–Trinajstić information content (AvgIpc) is 3.46. The predicted octanol–water partition coefficient (Wildman–Crippen LogP) is 1.72. The average molecular weight is 402 g/mol. The number of piperazine rings is 1. The first kappa shape index (κ1) is 18.4. The molecule has 2 aromatic rings. The Morgan fingerprint density at radius 1 is 1.14 bits per heavy atom. The second-order valence-corrected chi connectivity index (χ2v) is 9.19. The van der Waals surface area contributed by atoms with Gasteiger partial charge in [-0.1, -0.05) is 5.16 Å². The van der Waals surface area contributed by atoms with Crippen molar-refractivity contribution in [2.75, 3.05) is 38.5 Å². The maximum absolute atomic E-state index is 12.3. The fourth-order valence-corrected chi connectivity index (χ4v) is 5.08. The van der Waals surface area contributed by atoms with E-state index < -0.39 is 0 Å². The zero-order chi connectivity index (χ0) is 18.9. The quantitative estimate of drug-likeness (QED) is 0.730. The molecule has 2 aromatic heterocycles. The van der Waals surface area contributed by atoms with Crippen LogP contribution in [0, 0.1) is 0 Å². The highest BCUT2D eigenvalue weighted by molar-refractivity contribution is 7.98. The summed E-state index contributed by atoms with van der Waals surface area (Å²) in [5.41, 5.74) is 3.55. The van der Waals surface area contributed by atoms with Crippen LogP contribution in [0.25, 0.3) is 0 Å². The van der Waals surface area contributed by atoms with Gasteiger partial charge in [0.25, 0.3) is 5.56 Å². The Hall–Kier alpha value is -1.64. The van der Waals surface area contributed by atoms with Crippen LogP contribution < -0.4 is 5.56 Å². The number of fused-ring (bicyclic) bond motifs is 1. The van der Waals surface area contributed by atoms with Crippen LogP contribution in [0.1, 0.15) is 41.3 Å². The summed E-state index contributed by atoms with van der Waals surface area (Å²) in [6, 6.07) is 1.79.